The highest BCUT2D eigenvalue weighted by Gasteiger charge is 2.38. The van der Waals surface area contributed by atoms with Crippen molar-refractivity contribution in [2.45, 2.75) is 31.7 Å². The van der Waals surface area contributed by atoms with Crippen molar-refractivity contribution in [2.75, 3.05) is 32.8 Å². The molecule has 27 heavy (non-hydrogen) atoms. The van der Waals surface area contributed by atoms with Crippen LogP contribution in [-0.4, -0.2) is 69.6 Å². The number of carbonyl (C=O) groups excluding carboxylic acids is 1. The maximum absolute atomic E-state index is 13.0. The van der Waals surface area contributed by atoms with E-state index in [0.717, 1.165) is 43.1 Å². The van der Waals surface area contributed by atoms with Gasteiger partial charge in [-0.25, -0.2) is 4.68 Å². The van der Waals surface area contributed by atoms with E-state index in [4.69, 9.17) is 9.47 Å². The van der Waals surface area contributed by atoms with Gasteiger partial charge in [0.2, 0.25) is 5.91 Å². The molecule has 1 amide bonds. The number of rotatable bonds is 2. The lowest BCUT2D eigenvalue weighted by Gasteiger charge is -2.41. The lowest BCUT2D eigenvalue weighted by molar-refractivity contribution is -0.139. The Balaban J connectivity index is 1.26. The Morgan fingerprint density at radius 1 is 1.26 bits per heavy atom. The van der Waals surface area contributed by atoms with Crippen LogP contribution in [0.1, 0.15) is 23.7 Å². The second kappa shape index (κ2) is 6.94. The van der Waals surface area contributed by atoms with Crippen molar-refractivity contribution in [1.29, 1.82) is 0 Å². The number of aromatic nitrogens is 3. The number of amides is 1. The first kappa shape index (κ1) is 16.7. The Hall–Kier alpha value is -2.45. The summed E-state index contributed by atoms with van der Waals surface area (Å²) in [6.45, 7) is 4.39. The topological polar surface area (TPSA) is 72.7 Å². The summed E-state index contributed by atoms with van der Waals surface area (Å²) in [5.41, 5.74) is 2.11. The van der Waals surface area contributed by atoms with Crippen molar-refractivity contribution >= 4 is 5.91 Å². The minimum absolute atomic E-state index is 0.0575. The van der Waals surface area contributed by atoms with Gasteiger partial charge in [-0.05, 0) is 12.5 Å². The normalized spacial score (nSPS) is 25.0. The summed E-state index contributed by atoms with van der Waals surface area (Å²) in [7, 11) is 0. The predicted molar refractivity (Wildman–Crippen MR) is 96.0 cm³/mol. The Bertz CT molecular complexity index is 838. The number of piperidine rings is 1. The van der Waals surface area contributed by atoms with Crippen LogP contribution < -0.4 is 4.74 Å². The summed E-state index contributed by atoms with van der Waals surface area (Å²) in [6, 6.07) is 8.10. The lowest BCUT2D eigenvalue weighted by Crippen LogP contribution is -2.52. The monoisotopic (exact) mass is 369 g/mol. The van der Waals surface area contributed by atoms with Crippen LogP contribution in [0.4, 0.5) is 0 Å². The van der Waals surface area contributed by atoms with Gasteiger partial charge in [0.25, 0.3) is 0 Å². The lowest BCUT2D eigenvalue weighted by atomic mass is 10.0. The zero-order valence-corrected chi connectivity index (χ0v) is 15.2. The van der Waals surface area contributed by atoms with E-state index in [2.05, 4.69) is 21.3 Å². The summed E-state index contributed by atoms with van der Waals surface area (Å²) in [6.07, 6.45) is 2.69. The zero-order chi connectivity index (χ0) is 18.2. The minimum atomic E-state index is 0.0575. The number of likely N-dealkylation sites (tertiary alicyclic amines) is 1. The van der Waals surface area contributed by atoms with Crippen LogP contribution in [0.15, 0.2) is 30.5 Å². The maximum atomic E-state index is 13.0. The van der Waals surface area contributed by atoms with Crippen LogP contribution in [0, 0.1) is 0 Å². The Morgan fingerprint density at radius 3 is 3.15 bits per heavy atom. The Kier molecular flexibility index (Phi) is 4.29. The standard InChI is InChI=1S/C19H23N5O3/c25-19(12-22-7-8-26-17-4-2-1-3-14(17)10-22)23-6-5-18-16(11-23)24-15(13-27-18)9-20-21-24/h1-4,9,16,18H,5-8,10-13H2. The fraction of sp³-hybridized carbons (Fsp3) is 0.526. The van der Waals surface area contributed by atoms with Crippen LogP contribution in [0.5, 0.6) is 5.75 Å². The van der Waals surface area contributed by atoms with E-state index in [-0.39, 0.29) is 18.1 Å². The molecule has 3 aliphatic heterocycles. The first-order valence-electron chi connectivity index (χ1n) is 9.49. The molecule has 2 aromatic rings. The SMILES string of the molecule is O=C(CN1CCOc2ccccc2C1)N1CCC2OCc3cnnn3C2C1. The van der Waals surface area contributed by atoms with Crippen LogP contribution in [-0.2, 0) is 22.7 Å². The fourth-order valence-electron chi connectivity index (χ4n) is 4.21. The third-order valence-electron chi connectivity index (χ3n) is 5.67. The van der Waals surface area contributed by atoms with E-state index in [1.54, 1.807) is 6.20 Å². The molecule has 0 bridgehead atoms. The average Bonchev–Trinajstić information content (AvgIpc) is 3.09. The molecular weight excluding hydrogens is 346 g/mol. The van der Waals surface area contributed by atoms with Gasteiger partial charge >= 0.3 is 0 Å². The second-order valence-electron chi connectivity index (χ2n) is 7.38. The van der Waals surface area contributed by atoms with E-state index >= 15 is 0 Å². The summed E-state index contributed by atoms with van der Waals surface area (Å²) < 4.78 is 13.7. The number of hydrogen-bond donors (Lipinski definition) is 0. The minimum Gasteiger partial charge on any atom is -0.492 e. The molecule has 0 radical (unpaired) electrons. The molecule has 1 saturated heterocycles. The molecule has 0 spiro atoms. The third-order valence-corrected chi connectivity index (χ3v) is 5.67. The Morgan fingerprint density at radius 2 is 2.19 bits per heavy atom. The first-order chi connectivity index (χ1) is 13.3. The van der Waals surface area contributed by atoms with Gasteiger partial charge in [-0.1, -0.05) is 23.4 Å². The number of benzene rings is 1. The Labute approximate surface area is 157 Å². The molecule has 142 valence electrons. The molecule has 8 nitrogen and oxygen atoms in total. The number of nitrogens with zero attached hydrogens (tertiary/aromatic N) is 5. The molecule has 1 fully saturated rings. The molecule has 0 aliphatic carbocycles. The van der Waals surface area contributed by atoms with E-state index < -0.39 is 0 Å². The van der Waals surface area contributed by atoms with Crippen molar-refractivity contribution in [1.82, 2.24) is 24.8 Å². The van der Waals surface area contributed by atoms with Crippen molar-refractivity contribution in [3.63, 3.8) is 0 Å². The highest BCUT2D eigenvalue weighted by atomic mass is 16.5. The van der Waals surface area contributed by atoms with Gasteiger partial charge in [0, 0.05) is 31.7 Å². The summed E-state index contributed by atoms with van der Waals surface area (Å²) in [4.78, 5) is 17.1. The van der Waals surface area contributed by atoms with Crippen molar-refractivity contribution in [3.05, 3.63) is 41.7 Å². The molecule has 1 aromatic heterocycles. The van der Waals surface area contributed by atoms with E-state index in [1.807, 2.05) is 27.8 Å². The first-order valence-corrected chi connectivity index (χ1v) is 9.49. The molecule has 3 aliphatic rings. The van der Waals surface area contributed by atoms with Gasteiger partial charge in [0.1, 0.15) is 12.4 Å². The molecule has 5 rings (SSSR count). The van der Waals surface area contributed by atoms with Crippen LogP contribution in [0.3, 0.4) is 0 Å². The molecule has 0 N–H and O–H groups in total. The summed E-state index contributed by atoms with van der Waals surface area (Å²) in [5.74, 6) is 1.08. The molecule has 4 heterocycles. The highest BCUT2D eigenvalue weighted by Crippen LogP contribution is 2.30. The number of para-hydroxylation sites is 1. The maximum Gasteiger partial charge on any atom is 0.236 e. The summed E-state index contributed by atoms with van der Waals surface area (Å²) in [5, 5.41) is 8.21. The molecule has 1 aromatic carbocycles. The van der Waals surface area contributed by atoms with Gasteiger partial charge in [0.05, 0.1) is 37.2 Å². The van der Waals surface area contributed by atoms with E-state index in [9.17, 15) is 4.79 Å². The van der Waals surface area contributed by atoms with Gasteiger partial charge in [-0.15, -0.1) is 5.10 Å². The van der Waals surface area contributed by atoms with Gasteiger partial charge < -0.3 is 14.4 Å². The van der Waals surface area contributed by atoms with Crippen molar-refractivity contribution in [2.24, 2.45) is 0 Å². The number of hydrogen-bond acceptors (Lipinski definition) is 6. The quantitative estimate of drug-likeness (QED) is 0.781. The van der Waals surface area contributed by atoms with E-state index in [1.165, 1.54) is 0 Å². The predicted octanol–water partition coefficient (Wildman–Crippen LogP) is 0.845. The van der Waals surface area contributed by atoms with Crippen LogP contribution in [0.2, 0.25) is 0 Å². The van der Waals surface area contributed by atoms with Crippen LogP contribution >= 0.6 is 0 Å². The largest absolute Gasteiger partial charge is 0.492 e. The fourth-order valence-corrected chi connectivity index (χ4v) is 4.21. The summed E-state index contributed by atoms with van der Waals surface area (Å²) >= 11 is 0. The molecule has 8 heteroatoms. The van der Waals surface area contributed by atoms with Gasteiger partial charge in [-0.3, -0.25) is 9.69 Å². The number of fused-ring (bicyclic) bond motifs is 4. The van der Waals surface area contributed by atoms with Crippen molar-refractivity contribution < 1.29 is 14.3 Å². The highest BCUT2D eigenvalue weighted by molar-refractivity contribution is 5.78. The number of ether oxygens (including phenoxy) is 2. The third kappa shape index (κ3) is 3.19. The molecular formula is C19H23N5O3. The van der Waals surface area contributed by atoms with Crippen LogP contribution in [0.25, 0.3) is 0 Å². The van der Waals surface area contributed by atoms with Gasteiger partial charge in [-0.2, -0.15) is 0 Å². The molecule has 2 atom stereocenters. The zero-order valence-electron chi connectivity index (χ0n) is 15.2. The second-order valence-corrected chi connectivity index (χ2v) is 7.38. The van der Waals surface area contributed by atoms with Crippen molar-refractivity contribution in [3.8, 4) is 5.75 Å². The smallest absolute Gasteiger partial charge is 0.236 e. The van der Waals surface area contributed by atoms with Gasteiger partial charge in [0.15, 0.2) is 0 Å². The molecule has 2 unspecified atom stereocenters. The average molecular weight is 369 g/mol. The van der Waals surface area contributed by atoms with E-state index in [0.29, 0.717) is 26.3 Å². The molecule has 0 saturated carbocycles. The number of carbonyl (C=O) groups is 1.